The highest BCUT2D eigenvalue weighted by atomic mass is 127. The minimum absolute atomic E-state index is 0.0676. The maximum atomic E-state index is 6.10. The summed E-state index contributed by atoms with van der Waals surface area (Å²) in [5, 5.41) is 4.32. The van der Waals surface area contributed by atoms with Crippen molar-refractivity contribution in [3.63, 3.8) is 0 Å². The summed E-state index contributed by atoms with van der Waals surface area (Å²) in [6.45, 7) is 2.09. The smallest absolute Gasteiger partial charge is 0.0693 e. The van der Waals surface area contributed by atoms with Gasteiger partial charge < -0.3 is 5.73 Å². The third kappa shape index (κ3) is 2.27. The van der Waals surface area contributed by atoms with Crippen LogP contribution < -0.4 is 5.73 Å². The molecule has 0 aliphatic heterocycles. The Labute approximate surface area is 109 Å². The molecule has 0 amide bonds. The lowest BCUT2D eigenvalue weighted by Crippen LogP contribution is -2.12. The molecule has 1 aromatic carbocycles. The van der Waals surface area contributed by atoms with Crippen molar-refractivity contribution in [2.45, 2.75) is 19.4 Å². The van der Waals surface area contributed by atoms with Gasteiger partial charge >= 0.3 is 0 Å². The van der Waals surface area contributed by atoms with E-state index in [0.29, 0.717) is 0 Å². The highest BCUT2D eigenvalue weighted by Gasteiger charge is 2.10. The van der Waals surface area contributed by atoms with E-state index in [-0.39, 0.29) is 6.04 Å². The third-order valence-corrected chi connectivity index (χ3v) is 3.13. The van der Waals surface area contributed by atoms with Gasteiger partial charge in [0, 0.05) is 12.2 Å². The predicted octanol–water partition coefficient (Wildman–Crippen LogP) is 2.89. The summed E-state index contributed by atoms with van der Waals surface area (Å²) < 4.78 is 3.00. The summed E-state index contributed by atoms with van der Waals surface area (Å²) in [7, 11) is 0. The van der Waals surface area contributed by atoms with E-state index in [9.17, 15) is 0 Å². The molecule has 84 valence electrons. The molecule has 0 fully saturated rings. The van der Waals surface area contributed by atoms with Gasteiger partial charge in [-0.3, -0.25) is 0 Å². The van der Waals surface area contributed by atoms with Crippen LogP contribution in [0.2, 0.25) is 0 Å². The second kappa shape index (κ2) is 4.97. The van der Waals surface area contributed by atoms with Crippen molar-refractivity contribution in [1.29, 1.82) is 0 Å². The van der Waals surface area contributed by atoms with E-state index in [1.165, 1.54) is 0 Å². The summed E-state index contributed by atoms with van der Waals surface area (Å²) in [5.41, 5.74) is 8.31. The lowest BCUT2D eigenvalue weighted by Gasteiger charge is -2.14. The lowest BCUT2D eigenvalue weighted by molar-refractivity contribution is 0.686. The molecule has 0 aliphatic carbocycles. The second-order valence-electron chi connectivity index (χ2n) is 3.68. The zero-order valence-corrected chi connectivity index (χ0v) is 11.3. The number of nitrogens with two attached hydrogens (primary N) is 1. The van der Waals surface area contributed by atoms with E-state index < -0.39 is 0 Å². The van der Waals surface area contributed by atoms with Gasteiger partial charge in [0.2, 0.25) is 0 Å². The first kappa shape index (κ1) is 11.6. The molecule has 1 aromatic heterocycles. The summed E-state index contributed by atoms with van der Waals surface area (Å²) >= 11 is 2.25. The van der Waals surface area contributed by atoms with Gasteiger partial charge in [0.15, 0.2) is 0 Å². The van der Waals surface area contributed by atoms with Crippen LogP contribution in [0.5, 0.6) is 0 Å². The number of rotatable bonds is 3. The molecule has 2 rings (SSSR count). The number of nitrogens with zero attached hydrogens (tertiary/aromatic N) is 2. The van der Waals surface area contributed by atoms with Crippen LogP contribution in [0.3, 0.4) is 0 Å². The van der Waals surface area contributed by atoms with Gasteiger partial charge in [-0.1, -0.05) is 25.1 Å². The Bertz CT molecular complexity index is 479. The molecule has 2 N–H and O–H groups in total. The van der Waals surface area contributed by atoms with Gasteiger partial charge in [-0.2, -0.15) is 5.10 Å². The molecule has 0 bridgehead atoms. The maximum absolute atomic E-state index is 6.10. The van der Waals surface area contributed by atoms with Crippen LogP contribution >= 0.6 is 22.6 Å². The normalized spacial score (nSPS) is 12.7. The summed E-state index contributed by atoms with van der Waals surface area (Å²) in [4.78, 5) is 0. The molecule has 1 atom stereocenters. The van der Waals surface area contributed by atoms with Gasteiger partial charge in [-0.25, -0.2) is 4.68 Å². The molecule has 0 saturated carbocycles. The Kier molecular flexibility index (Phi) is 3.60. The van der Waals surface area contributed by atoms with Gasteiger partial charge in [0.1, 0.15) is 0 Å². The Morgan fingerprint density at radius 3 is 2.81 bits per heavy atom. The van der Waals surface area contributed by atoms with E-state index in [4.69, 9.17) is 5.73 Å². The van der Waals surface area contributed by atoms with E-state index >= 15 is 0 Å². The first-order valence-electron chi connectivity index (χ1n) is 5.27. The van der Waals surface area contributed by atoms with Crippen LogP contribution in [0.1, 0.15) is 24.9 Å². The van der Waals surface area contributed by atoms with Crippen LogP contribution in [-0.2, 0) is 0 Å². The number of benzene rings is 1. The minimum Gasteiger partial charge on any atom is -0.324 e. The minimum atomic E-state index is 0.0676. The Balaban J connectivity index is 2.48. The first-order chi connectivity index (χ1) is 7.72. The topological polar surface area (TPSA) is 43.8 Å². The molecule has 0 spiro atoms. The molecular formula is C12H14IN3. The van der Waals surface area contributed by atoms with Crippen LogP contribution in [0, 0.1) is 3.57 Å². The fraction of sp³-hybridized carbons (Fsp3) is 0.250. The first-order valence-corrected chi connectivity index (χ1v) is 6.35. The molecule has 3 nitrogen and oxygen atoms in total. The van der Waals surface area contributed by atoms with Gasteiger partial charge in [0.25, 0.3) is 0 Å². The van der Waals surface area contributed by atoms with E-state index in [2.05, 4.69) is 40.7 Å². The monoisotopic (exact) mass is 327 g/mol. The molecule has 1 heterocycles. The van der Waals surface area contributed by atoms with Crippen LogP contribution in [0.4, 0.5) is 0 Å². The van der Waals surface area contributed by atoms with E-state index in [1.807, 2.05) is 35.3 Å². The van der Waals surface area contributed by atoms with Crippen LogP contribution in [-0.4, -0.2) is 9.78 Å². The molecule has 2 aromatic rings. The molecule has 0 saturated heterocycles. The Morgan fingerprint density at radius 1 is 1.44 bits per heavy atom. The third-order valence-electron chi connectivity index (χ3n) is 2.57. The van der Waals surface area contributed by atoms with Crippen LogP contribution in [0.25, 0.3) is 5.69 Å². The predicted molar refractivity (Wildman–Crippen MR) is 73.5 cm³/mol. The molecular weight excluding hydrogens is 313 g/mol. The fourth-order valence-corrected chi connectivity index (χ4v) is 2.05. The number of hydrogen-bond acceptors (Lipinski definition) is 2. The lowest BCUT2D eigenvalue weighted by atomic mass is 10.0. The summed E-state index contributed by atoms with van der Waals surface area (Å²) in [5.74, 6) is 0. The average Bonchev–Trinajstić information content (AvgIpc) is 2.75. The van der Waals surface area contributed by atoms with Crippen LogP contribution in [0.15, 0.2) is 36.7 Å². The number of halogens is 1. The zero-order chi connectivity index (χ0) is 11.5. The maximum Gasteiger partial charge on any atom is 0.0693 e. The van der Waals surface area contributed by atoms with Gasteiger partial charge in [-0.15, -0.1) is 0 Å². The summed E-state index contributed by atoms with van der Waals surface area (Å²) in [6, 6.07) is 8.21. The second-order valence-corrected chi connectivity index (χ2v) is 4.92. The van der Waals surface area contributed by atoms with Crippen molar-refractivity contribution in [3.8, 4) is 5.69 Å². The number of aromatic nitrogens is 2. The molecule has 0 unspecified atom stereocenters. The van der Waals surface area contributed by atoms with Crippen molar-refractivity contribution in [2.24, 2.45) is 5.73 Å². The van der Waals surface area contributed by atoms with Crippen molar-refractivity contribution in [3.05, 3.63) is 45.8 Å². The average molecular weight is 327 g/mol. The van der Waals surface area contributed by atoms with E-state index in [0.717, 1.165) is 21.2 Å². The summed E-state index contributed by atoms with van der Waals surface area (Å²) in [6.07, 6.45) is 4.77. The highest BCUT2D eigenvalue weighted by molar-refractivity contribution is 14.1. The standard InChI is InChI=1S/C12H14IN3/c1-2-11(14)10-5-3-4-6-12(10)16-8-9(13)7-15-16/h3-8,11H,2,14H2,1H3/t11-/m0/s1. The number of hydrogen-bond donors (Lipinski definition) is 1. The van der Waals surface area contributed by atoms with Crippen molar-refractivity contribution in [1.82, 2.24) is 9.78 Å². The van der Waals surface area contributed by atoms with Crippen molar-refractivity contribution >= 4 is 22.6 Å². The Hall–Kier alpha value is -0.880. The quantitative estimate of drug-likeness (QED) is 0.881. The molecule has 0 aliphatic rings. The zero-order valence-electron chi connectivity index (χ0n) is 9.10. The SMILES string of the molecule is CC[C@H](N)c1ccccc1-n1cc(I)cn1. The van der Waals surface area contributed by atoms with Gasteiger partial charge in [-0.05, 0) is 40.6 Å². The largest absolute Gasteiger partial charge is 0.324 e. The van der Waals surface area contributed by atoms with Gasteiger partial charge in [0.05, 0.1) is 15.5 Å². The molecule has 4 heteroatoms. The van der Waals surface area contributed by atoms with Crippen molar-refractivity contribution in [2.75, 3.05) is 0 Å². The van der Waals surface area contributed by atoms with Crippen molar-refractivity contribution < 1.29 is 0 Å². The van der Waals surface area contributed by atoms with E-state index in [1.54, 1.807) is 0 Å². The molecule has 0 radical (unpaired) electrons. The number of para-hydroxylation sites is 1. The fourth-order valence-electron chi connectivity index (χ4n) is 1.66. The highest BCUT2D eigenvalue weighted by Crippen LogP contribution is 2.22. The molecule has 16 heavy (non-hydrogen) atoms. The Morgan fingerprint density at radius 2 is 2.19 bits per heavy atom.